The monoisotopic (exact) mass is 625 g/mol. The molecule has 0 aliphatic carbocycles. The van der Waals surface area contributed by atoms with Crippen molar-refractivity contribution in [2.24, 2.45) is 0 Å². The molecule has 0 amide bonds. The highest BCUT2D eigenvalue weighted by molar-refractivity contribution is 6.28. The molecule has 8 aromatic carbocycles. The Kier molecular flexibility index (Phi) is 5.38. The molecule has 0 saturated carbocycles. The Bertz CT molecular complexity index is 3050. The average molecular weight is 626 g/mol. The number of para-hydroxylation sites is 3. The number of rotatable bonds is 3. The van der Waals surface area contributed by atoms with Crippen LogP contribution in [0.1, 0.15) is 0 Å². The number of hydrogen-bond acceptors (Lipinski definition) is 2. The van der Waals surface area contributed by atoms with Gasteiger partial charge in [-0.3, -0.25) is 0 Å². The van der Waals surface area contributed by atoms with Crippen molar-refractivity contribution in [1.82, 2.24) is 4.57 Å². The smallest absolute Gasteiger partial charge is 0.139 e. The van der Waals surface area contributed by atoms with Crippen molar-refractivity contribution in [3.8, 4) is 27.9 Å². The van der Waals surface area contributed by atoms with Crippen molar-refractivity contribution in [2.45, 2.75) is 0 Å². The first-order valence-corrected chi connectivity index (χ1v) is 16.7. The predicted octanol–water partition coefficient (Wildman–Crippen LogP) is 13.1. The van der Waals surface area contributed by atoms with Crippen LogP contribution in [0.2, 0.25) is 0 Å². The summed E-state index contributed by atoms with van der Waals surface area (Å²) in [6.45, 7) is 0. The molecule has 49 heavy (non-hydrogen) atoms. The van der Waals surface area contributed by atoms with Crippen molar-refractivity contribution in [3.63, 3.8) is 0 Å². The third-order valence-corrected chi connectivity index (χ3v) is 10.3. The maximum atomic E-state index is 6.31. The van der Waals surface area contributed by atoms with Crippen LogP contribution in [0.4, 0.5) is 0 Å². The van der Waals surface area contributed by atoms with Crippen molar-refractivity contribution in [1.29, 1.82) is 0 Å². The van der Waals surface area contributed by atoms with Gasteiger partial charge in [0.25, 0.3) is 0 Å². The van der Waals surface area contributed by atoms with E-state index in [9.17, 15) is 0 Å². The van der Waals surface area contributed by atoms with E-state index in [1.165, 1.54) is 60.0 Å². The summed E-state index contributed by atoms with van der Waals surface area (Å²) in [6, 6.07) is 56.4. The van der Waals surface area contributed by atoms with Gasteiger partial charge in [-0.15, -0.1) is 0 Å². The van der Waals surface area contributed by atoms with Crippen LogP contribution in [0.3, 0.4) is 0 Å². The molecule has 228 valence electrons. The second-order valence-electron chi connectivity index (χ2n) is 12.8. The summed E-state index contributed by atoms with van der Waals surface area (Å²) in [4.78, 5) is 0. The van der Waals surface area contributed by atoms with Gasteiger partial charge in [0, 0.05) is 49.8 Å². The van der Waals surface area contributed by atoms with Gasteiger partial charge >= 0.3 is 0 Å². The Hall–Kier alpha value is -6.58. The molecule has 0 spiro atoms. The fraction of sp³-hybridized carbons (Fsp3) is 0. The summed E-state index contributed by atoms with van der Waals surface area (Å²) in [6.07, 6.45) is 1.92. The van der Waals surface area contributed by atoms with E-state index in [4.69, 9.17) is 8.83 Å². The van der Waals surface area contributed by atoms with Crippen LogP contribution in [0.25, 0.3) is 104 Å². The summed E-state index contributed by atoms with van der Waals surface area (Å²) >= 11 is 0. The minimum Gasteiger partial charge on any atom is -0.464 e. The van der Waals surface area contributed by atoms with E-state index < -0.39 is 0 Å². The molecule has 3 nitrogen and oxygen atoms in total. The summed E-state index contributed by atoms with van der Waals surface area (Å²) in [5, 5.41) is 10.6. The van der Waals surface area contributed by atoms with E-state index >= 15 is 0 Å². The standard InChI is InChI=1S/C46H27NO2/c1-2-13-28(14-3-1)47-39-22-10-8-20-34(39)46-35(21-12-23-40(46)47)44-30-16-4-6-18-32(30)45(33-19-7-5-17-31(33)44)38-27-48-42-26-43-36(25-37(38)42)29-15-9-11-24-41(29)49-43/h1-27H. The van der Waals surface area contributed by atoms with Crippen LogP contribution >= 0.6 is 0 Å². The first kappa shape index (κ1) is 26.5. The van der Waals surface area contributed by atoms with Crippen LogP contribution in [0.15, 0.2) is 173 Å². The molecular weight excluding hydrogens is 599 g/mol. The van der Waals surface area contributed by atoms with Crippen LogP contribution in [0.5, 0.6) is 0 Å². The lowest BCUT2D eigenvalue weighted by atomic mass is 9.85. The maximum absolute atomic E-state index is 6.31. The number of hydrogen-bond donors (Lipinski definition) is 0. The minimum atomic E-state index is 0.817. The predicted molar refractivity (Wildman–Crippen MR) is 204 cm³/mol. The highest BCUT2D eigenvalue weighted by Crippen LogP contribution is 2.49. The van der Waals surface area contributed by atoms with Crippen molar-refractivity contribution < 1.29 is 8.83 Å². The average Bonchev–Trinajstić information content (AvgIpc) is 3.84. The number of aromatic nitrogens is 1. The quantitative estimate of drug-likeness (QED) is 0.183. The summed E-state index contributed by atoms with van der Waals surface area (Å²) in [5.41, 5.74) is 10.8. The lowest BCUT2D eigenvalue weighted by Crippen LogP contribution is -1.93. The van der Waals surface area contributed by atoms with Crippen molar-refractivity contribution >= 4 is 76.3 Å². The van der Waals surface area contributed by atoms with E-state index in [2.05, 4.69) is 144 Å². The number of benzene rings is 8. The molecule has 0 aliphatic rings. The zero-order valence-corrected chi connectivity index (χ0v) is 26.4. The van der Waals surface area contributed by atoms with Gasteiger partial charge in [-0.2, -0.15) is 0 Å². The largest absolute Gasteiger partial charge is 0.464 e. The Morgan fingerprint density at radius 2 is 0.959 bits per heavy atom. The van der Waals surface area contributed by atoms with E-state index in [1.807, 2.05) is 24.5 Å². The molecule has 0 atom stereocenters. The highest BCUT2D eigenvalue weighted by atomic mass is 16.3. The van der Waals surface area contributed by atoms with Crippen LogP contribution < -0.4 is 0 Å². The van der Waals surface area contributed by atoms with Gasteiger partial charge in [-0.05, 0) is 69.1 Å². The first-order valence-electron chi connectivity index (χ1n) is 16.7. The Labute approximate surface area is 280 Å². The van der Waals surface area contributed by atoms with E-state index in [1.54, 1.807) is 0 Å². The molecule has 0 aliphatic heterocycles. The van der Waals surface area contributed by atoms with Crippen LogP contribution in [0, 0.1) is 0 Å². The SMILES string of the molecule is c1ccc(-n2c3ccccc3c3c(-c4c5ccccc5c(-c5coc6cc7oc8ccccc8c7cc56)c5ccccc45)cccc32)cc1. The minimum absolute atomic E-state index is 0.817. The van der Waals surface area contributed by atoms with E-state index in [-0.39, 0.29) is 0 Å². The van der Waals surface area contributed by atoms with Crippen LogP contribution in [-0.2, 0) is 0 Å². The first-order chi connectivity index (χ1) is 24.3. The molecule has 3 heteroatoms. The third kappa shape index (κ3) is 3.67. The molecule has 3 aromatic heterocycles. The Morgan fingerprint density at radius 1 is 0.367 bits per heavy atom. The highest BCUT2D eigenvalue weighted by Gasteiger charge is 2.23. The van der Waals surface area contributed by atoms with Gasteiger partial charge in [-0.25, -0.2) is 0 Å². The molecule has 0 saturated heterocycles. The molecule has 0 unspecified atom stereocenters. The van der Waals surface area contributed by atoms with Crippen molar-refractivity contribution in [3.05, 3.63) is 164 Å². The van der Waals surface area contributed by atoms with E-state index in [0.717, 1.165) is 44.2 Å². The summed E-state index contributed by atoms with van der Waals surface area (Å²) < 4.78 is 14.9. The van der Waals surface area contributed by atoms with Gasteiger partial charge in [0.05, 0.1) is 17.3 Å². The lowest BCUT2D eigenvalue weighted by molar-refractivity contribution is 0.614. The Morgan fingerprint density at radius 3 is 1.69 bits per heavy atom. The van der Waals surface area contributed by atoms with Gasteiger partial charge in [-0.1, -0.05) is 115 Å². The summed E-state index contributed by atoms with van der Waals surface area (Å²) in [7, 11) is 0. The normalized spacial score (nSPS) is 12.1. The van der Waals surface area contributed by atoms with Crippen LogP contribution in [-0.4, -0.2) is 4.57 Å². The Balaban J connectivity index is 1.26. The number of furan rings is 2. The maximum Gasteiger partial charge on any atom is 0.139 e. The number of fused-ring (bicyclic) bond motifs is 9. The second-order valence-corrected chi connectivity index (χ2v) is 12.8. The molecule has 0 fully saturated rings. The second kappa shape index (κ2) is 9.96. The summed E-state index contributed by atoms with van der Waals surface area (Å²) in [5.74, 6) is 0. The zero-order chi connectivity index (χ0) is 32.1. The molecular formula is C46H27NO2. The third-order valence-electron chi connectivity index (χ3n) is 10.3. The van der Waals surface area contributed by atoms with Crippen molar-refractivity contribution in [2.75, 3.05) is 0 Å². The van der Waals surface area contributed by atoms with Gasteiger partial charge in [0.2, 0.25) is 0 Å². The van der Waals surface area contributed by atoms with E-state index in [0.29, 0.717) is 0 Å². The molecule has 0 radical (unpaired) electrons. The molecule has 11 rings (SSSR count). The van der Waals surface area contributed by atoms with Gasteiger partial charge in [0.15, 0.2) is 0 Å². The van der Waals surface area contributed by atoms with Gasteiger partial charge < -0.3 is 13.4 Å². The molecule has 3 heterocycles. The molecule has 0 bridgehead atoms. The zero-order valence-electron chi connectivity index (χ0n) is 26.4. The number of nitrogens with zero attached hydrogens (tertiary/aromatic N) is 1. The molecule has 11 aromatic rings. The molecule has 0 N–H and O–H groups in total. The van der Waals surface area contributed by atoms with Gasteiger partial charge in [0.1, 0.15) is 16.7 Å². The lowest BCUT2D eigenvalue weighted by Gasteiger charge is -2.18. The fourth-order valence-electron chi connectivity index (χ4n) is 8.23. The fourth-order valence-corrected chi connectivity index (χ4v) is 8.23. The topological polar surface area (TPSA) is 31.2 Å².